The van der Waals surface area contributed by atoms with Crippen molar-refractivity contribution in [3.8, 4) is 0 Å². The number of nitrogens with zero attached hydrogens (tertiary/aromatic N) is 2. The van der Waals surface area contributed by atoms with Crippen molar-refractivity contribution in [3.63, 3.8) is 0 Å². The quantitative estimate of drug-likeness (QED) is 0.776. The largest absolute Gasteiger partial charge is 0.480 e. The van der Waals surface area contributed by atoms with E-state index in [1.165, 1.54) is 0 Å². The van der Waals surface area contributed by atoms with Crippen LogP contribution in [0.2, 0.25) is 0 Å². The van der Waals surface area contributed by atoms with Gasteiger partial charge in [-0.15, -0.1) is 11.8 Å². The zero-order valence-corrected chi connectivity index (χ0v) is 14.9. The smallest absolute Gasteiger partial charge is 0.327 e. The van der Waals surface area contributed by atoms with Crippen LogP contribution in [0.15, 0.2) is 0 Å². The van der Waals surface area contributed by atoms with Crippen LogP contribution in [0.4, 0.5) is 4.79 Å². The van der Waals surface area contributed by atoms with Crippen molar-refractivity contribution >= 4 is 35.5 Å². The third-order valence-electron chi connectivity index (χ3n) is 3.84. The van der Waals surface area contributed by atoms with Crippen molar-refractivity contribution in [2.75, 3.05) is 24.8 Å². The average Bonchev–Trinajstić information content (AvgIpc) is 2.87. The molecule has 0 bridgehead atoms. The molecule has 1 saturated heterocycles. The van der Waals surface area contributed by atoms with Crippen LogP contribution in [-0.2, 0) is 4.79 Å². The van der Waals surface area contributed by atoms with Gasteiger partial charge in [-0.25, -0.2) is 9.59 Å². The summed E-state index contributed by atoms with van der Waals surface area (Å²) in [5.41, 5.74) is 0. The first kappa shape index (κ1) is 18.5. The Hall–Kier alpha value is -0.560. The maximum atomic E-state index is 12.7. The molecule has 0 aliphatic carbocycles. The van der Waals surface area contributed by atoms with E-state index in [2.05, 4.69) is 6.92 Å². The molecule has 1 heterocycles. The molecule has 1 N–H and O–H groups in total. The number of rotatable bonds is 7. The van der Waals surface area contributed by atoms with E-state index in [4.69, 9.17) is 0 Å². The molecule has 1 fully saturated rings. The second-order valence-corrected chi connectivity index (χ2v) is 7.56. The summed E-state index contributed by atoms with van der Waals surface area (Å²) in [6, 6.07) is -0.735. The lowest BCUT2D eigenvalue weighted by molar-refractivity contribution is -0.141. The number of thioether (sulfide) groups is 2. The molecule has 0 aromatic heterocycles. The standard InChI is InChI=1S/C14H26N2O3S2/c1-5-6-12-16(11(9-21-12)13(17)18)14(19)15(3)10(2)7-8-20-4/h10-12H,5-9H2,1-4H3,(H,17,18). The molecule has 7 heteroatoms. The van der Waals surface area contributed by atoms with E-state index < -0.39 is 12.0 Å². The molecule has 5 nitrogen and oxygen atoms in total. The van der Waals surface area contributed by atoms with Gasteiger partial charge in [-0.2, -0.15) is 11.8 Å². The number of carbonyl (C=O) groups is 2. The first-order valence-corrected chi connectivity index (χ1v) is 9.76. The van der Waals surface area contributed by atoms with Gasteiger partial charge in [-0.3, -0.25) is 4.90 Å². The number of carbonyl (C=O) groups excluding carboxylic acids is 1. The Morgan fingerprint density at radius 2 is 2.19 bits per heavy atom. The summed E-state index contributed by atoms with van der Waals surface area (Å²) >= 11 is 3.34. The Morgan fingerprint density at radius 3 is 2.71 bits per heavy atom. The highest BCUT2D eigenvalue weighted by Gasteiger charge is 2.42. The number of amides is 2. The highest BCUT2D eigenvalue weighted by molar-refractivity contribution is 8.00. The second-order valence-electron chi connectivity index (χ2n) is 5.36. The van der Waals surface area contributed by atoms with Gasteiger partial charge < -0.3 is 10.0 Å². The Balaban J connectivity index is 2.80. The molecule has 2 amide bonds. The van der Waals surface area contributed by atoms with Crippen LogP contribution in [0.25, 0.3) is 0 Å². The van der Waals surface area contributed by atoms with Gasteiger partial charge in [0.15, 0.2) is 0 Å². The minimum absolute atomic E-state index is 0.0150. The predicted octanol–water partition coefficient (Wildman–Crippen LogP) is 2.81. The predicted molar refractivity (Wildman–Crippen MR) is 90.0 cm³/mol. The average molecular weight is 335 g/mol. The van der Waals surface area contributed by atoms with E-state index in [0.29, 0.717) is 5.75 Å². The summed E-state index contributed by atoms with van der Waals surface area (Å²) in [7, 11) is 1.78. The summed E-state index contributed by atoms with van der Waals surface area (Å²) in [6.07, 6.45) is 4.75. The lowest BCUT2D eigenvalue weighted by Gasteiger charge is -2.34. The molecule has 0 radical (unpaired) electrons. The van der Waals surface area contributed by atoms with E-state index in [9.17, 15) is 14.7 Å². The van der Waals surface area contributed by atoms with Crippen LogP contribution in [0.5, 0.6) is 0 Å². The molecular formula is C14H26N2O3S2. The molecule has 122 valence electrons. The zero-order valence-electron chi connectivity index (χ0n) is 13.2. The van der Waals surface area contributed by atoms with E-state index in [1.807, 2.05) is 13.2 Å². The summed E-state index contributed by atoms with van der Waals surface area (Å²) in [4.78, 5) is 27.4. The van der Waals surface area contributed by atoms with Gasteiger partial charge in [0, 0.05) is 18.8 Å². The first-order chi connectivity index (χ1) is 9.93. The molecule has 1 aliphatic heterocycles. The number of carboxylic acids is 1. The van der Waals surface area contributed by atoms with Crippen LogP contribution >= 0.6 is 23.5 Å². The van der Waals surface area contributed by atoms with E-state index >= 15 is 0 Å². The number of carboxylic acid groups (broad SMARTS) is 1. The number of urea groups is 1. The fourth-order valence-electron chi connectivity index (χ4n) is 2.33. The SMILES string of the molecule is CCCC1SCC(C(=O)O)N1C(=O)N(C)C(C)CCSC. The lowest BCUT2D eigenvalue weighted by atomic mass is 10.2. The molecule has 0 aromatic rings. The minimum Gasteiger partial charge on any atom is -0.480 e. The summed E-state index contributed by atoms with van der Waals surface area (Å²) in [6.45, 7) is 4.07. The third-order valence-corrected chi connectivity index (χ3v) is 5.84. The van der Waals surface area contributed by atoms with Crippen LogP contribution in [0.1, 0.15) is 33.1 Å². The Bertz CT molecular complexity index is 368. The number of aliphatic carboxylic acids is 1. The second kappa shape index (κ2) is 8.78. The van der Waals surface area contributed by atoms with Gasteiger partial charge in [-0.05, 0) is 31.8 Å². The Morgan fingerprint density at radius 1 is 1.52 bits per heavy atom. The van der Waals surface area contributed by atoms with Crippen molar-refractivity contribution in [2.24, 2.45) is 0 Å². The number of hydrogen-bond acceptors (Lipinski definition) is 4. The van der Waals surface area contributed by atoms with Crippen LogP contribution in [0, 0.1) is 0 Å². The molecule has 1 rings (SSSR count). The molecule has 0 aromatic carbocycles. The fraction of sp³-hybridized carbons (Fsp3) is 0.857. The zero-order chi connectivity index (χ0) is 16.0. The maximum Gasteiger partial charge on any atom is 0.327 e. The molecule has 3 unspecified atom stereocenters. The van der Waals surface area contributed by atoms with Crippen LogP contribution < -0.4 is 0 Å². The molecule has 1 aliphatic rings. The van der Waals surface area contributed by atoms with Gasteiger partial charge in [0.25, 0.3) is 0 Å². The van der Waals surface area contributed by atoms with Crippen LogP contribution in [0.3, 0.4) is 0 Å². The number of hydrogen-bond donors (Lipinski definition) is 1. The fourth-order valence-corrected chi connectivity index (χ4v) is 4.42. The molecule has 0 saturated carbocycles. The third kappa shape index (κ3) is 4.71. The van der Waals surface area contributed by atoms with Gasteiger partial charge in [0.2, 0.25) is 0 Å². The van der Waals surface area contributed by atoms with E-state index in [-0.39, 0.29) is 17.4 Å². The monoisotopic (exact) mass is 334 g/mol. The Labute approximate surface area is 135 Å². The maximum absolute atomic E-state index is 12.7. The van der Waals surface area contributed by atoms with Crippen molar-refractivity contribution < 1.29 is 14.7 Å². The minimum atomic E-state index is -0.903. The first-order valence-electron chi connectivity index (χ1n) is 7.32. The van der Waals surface area contributed by atoms with Crippen LogP contribution in [-0.4, -0.2) is 69.2 Å². The summed E-state index contributed by atoms with van der Waals surface area (Å²) in [5.74, 6) is 0.576. The van der Waals surface area contributed by atoms with Crippen molar-refractivity contribution in [1.82, 2.24) is 9.80 Å². The van der Waals surface area contributed by atoms with E-state index in [0.717, 1.165) is 25.0 Å². The summed E-state index contributed by atoms with van der Waals surface area (Å²) in [5, 5.41) is 9.34. The molecular weight excluding hydrogens is 308 g/mol. The Kier molecular flexibility index (Phi) is 7.73. The highest BCUT2D eigenvalue weighted by Crippen LogP contribution is 2.33. The molecule has 21 heavy (non-hydrogen) atoms. The van der Waals surface area contributed by atoms with Crippen molar-refractivity contribution in [1.29, 1.82) is 0 Å². The van der Waals surface area contributed by atoms with Crippen molar-refractivity contribution in [2.45, 2.75) is 50.6 Å². The van der Waals surface area contributed by atoms with Crippen molar-refractivity contribution in [3.05, 3.63) is 0 Å². The topological polar surface area (TPSA) is 60.9 Å². The van der Waals surface area contributed by atoms with Gasteiger partial charge in [-0.1, -0.05) is 13.3 Å². The molecule has 0 spiro atoms. The van der Waals surface area contributed by atoms with E-state index in [1.54, 1.807) is 40.4 Å². The van der Waals surface area contributed by atoms with Gasteiger partial charge >= 0.3 is 12.0 Å². The normalized spacial score (nSPS) is 23.1. The summed E-state index contributed by atoms with van der Waals surface area (Å²) < 4.78 is 0. The van der Waals surface area contributed by atoms with Gasteiger partial charge in [0.05, 0.1) is 5.37 Å². The highest BCUT2D eigenvalue weighted by atomic mass is 32.2. The van der Waals surface area contributed by atoms with Gasteiger partial charge in [0.1, 0.15) is 6.04 Å². The lowest BCUT2D eigenvalue weighted by Crippen LogP contribution is -2.52. The molecule has 3 atom stereocenters.